The molecule has 2 rings (SSSR count). The lowest BCUT2D eigenvalue weighted by Crippen LogP contribution is -2.32. The summed E-state index contributed by atoms with van der Waals surface area (Å²) in [6.07, 6.45) is 0.979. The fourth-order valence-electron chi connectivity index (χ4n) is 2.24. The summed E-state index contributed by atoms with van der Waals surface area (Å²) in [6, 6.07) is 16.6. The molecule has 0 aliphatic rings. The first-order chi connectivity index (χ1) is 10.1. The molecule has 0 spiro atoms. The summed E-state index contributed by atoms with van der Waals surface area (Å²) < 4.78 is 1.05. The first-order valence-corrected chi connectivity index (χ1v) is 8.19. The van der Waals surface area contributed by atoms with Gasteiger partial charge in [0.05, 0.1) is 6.04 Å². The van der Waals surface area contributed by atoms with Crippen LogP contribution in [0.2, 0.25) is 0 Å². The lowest BCUT2D eigenvalue weighted by atomic mass is 10.00. The normalized spacial score (nSPS) is 11.8. The maximum atomic E-state index is 5.42. The fraction of sp³-hybridized carbons (Fsp3) is 0.235. The number of halogens is 1. The van der Waals surface area contributed by atoms with E-state index in [9.17, 15) is 0 Å². The summed E-state index contributed by atoms with van der Waals surface area (Å²) in [4.78, 5) is 0. The van der Waals surface area contributed by atoms with Gasteiger partial charge in [-0.25, -0.2) is 0 Å². The van der Waals surface area contributed by atoms with E-state index in [-0.39, 0.29) is 6.04 Å². The molecule has 2 aromatic rings. The fourth-order valence-corrected chi connectivity index (χ4v) is 2.76. The zero-order chi connectivity index (χ0) is 15.2. The minimum Gasteiger partial charge on any atom is -0.356 e. The lowest BCUT2D eigenvalue weighted by molar-refractivity contribution is 0.625. The van der Waals surface area contributed by atoms with Crippen molar-refractivity contribution in [2.24, 2.45) is 0 Å². The van der Waals surface area contributed by atoms with E-state index in [0.29, 0.717) is 5.11 Å². The molecule has 2 N–H and O–H groups in total. The summed E-state index contributed by atoms with van der Waals surface area (Å²) in [7, 11) is 0. The molecule has 2 nitrogen and oxygen atoms in total. The SMILES string of the molecule is CCC(NC(=S)Nc1ccc(Br)cc1)c1ccccc1C. The Morgan fingerprint density at radius 3 is 2.43 bits per heavy atom. The molecule has 0 saturated carbocycles. The standard InChI is InChI=1S/C17H19BrN2S/c1-3-16(15-7-5-4-6-12(15)2)20-17(21)19-14-10-8-13(18)9-11-14/h4-11,16H,3H2,1-2H3,(H2,19,20,21). The first-order valence-electron chi connectivity index (χ1n) is 6.98. The Bertz CT molecular complexity index is 610. The van der Waals surface area contributed by atoms with E-state index in [2.05, 4.69) is 64.7 Å². The number of hydrogen-bond donors (Lipinski definition) is 2. The van der Waals surface area contributed by atoms with Crippen LogP contribution in [0.15, 0.2) is 53.0 Å². The van der Waals surface area contributed by atoms with E-state index in [0.717, 1.165) is 16.6 Å². The van der Waals surface area contributed by atoms with Crippen molar-refractivity contribution in [3.63, 3.8) is 0 Å². The molecule has 1 unspecified atom stereocenters. The average molecular weight is 363 g/mol. The molecule has 0 amide bonds. The molecular formula is C17H19BrN2S. The molecule has 0 aliphatic carbocycles. The van der Waals surface area contributed by atoms with Crippen LogP contribution in [-0.4, -0.2) is 5.11 Å². The average Bonchev–Trinajstić information content (AvgIpc) is 2.48. The lowest BCUT2D eigenvalue weighted by Gasteiger charge is -2.21. The number of benzene rings is 2. The zero-order valence-electron chi connectivity index (χ0n) is 12.2. The van der Waals surface area contributed by atoms with Gasteiger partial charge in [-0.05, 0) is 61.0 Å². The van der Waals surface area contributed by atoms with Gasteiger partial charge < -0.3 is 10.6 Å². The Kier molecular flexibility index (Phi) is 5.76. The predicted octanol–water partition coefficient (Wildman–Crippen LogP) is 5.20. The molecule has 0 aromatic heterocycles. The van der Waals surface area contributed by atoms with Gasteiger partial charge in [0.15, 0.2) is 5.11 Å². The van der Waals surface area contributed by atoms with Gasteiger partial charge in [0.1, 0.15) is 0 Å². The maximum absolute atomic E-state index is 5.42. The quantitative estimate of drug-likeness (QED) is 0.731. The highest BCUT2D eigenvalue weighted by atomic mass is 79.9. The molecule has 0 radical (unpaired) electrons. The number of aryl methyl sites for hydroxylation is 1. The van der Waals surface area contributed by atoms with Crippen molar-refractivity contribution in [2.45, 2.75) is 26.3 Å². The topological polar surface area (TPSA) is 24.1 Å². The van der Waals surface area contributed by atoms with E-state index in [1.807, 2.05) is 24.3 Å². The first kappa shape index (κ1) is 16.0. The molecular weight excluding hydrogens is 344 g/mol. The molecule has 0 saturated heterocycles. The Hall–Kier alpha value is -1.39. The summed E-state index contributed by atoms with van der Waals surface area (Å²) in [5.41, 5.74) is 3.55. The second-order valence-electron chi connectivity index (χ2n) is 4.92. The van der Waals surface area contributed by atoms with Crippen molar-refractivity contribution < 1.29 is 0 Å². The van der Waals surface area contributed by atoms with Crippen molar-refractivity contribution >= 4 is 38.9 Å². The van der Waals surface area contributed by atoms with E-state index in [1.165, 1.54) is 11.1 Å². The van der Waals surface area contributed by atoms with Crippen molar-refractivity contribution in [1.29, 1.82) is 0 Å². The second-order valence-corrected chi connectivity index (χ2v) is 6.25. The molecule has 0 aliphatic heterocycles. The van der Waals surface area contributed by atoms with Crippen LogP contribution >= 0.6 is 28.1 Å². The van der Waals surface area contributed by atoms with Crippen LogP contribution in [0.4, 0.5) is 5.69 Å². The van der Waals surface area contributed by atoms with Crippen LogP contribution in [0.1, 0.15) is 30.5 Å². The molecule has 0 fully saturated rings. The van der Waals surface area contributed by atoms with Crippen LogP contribution in [0.3, 0.4) is 0 Å². The highest BCUT2D eigenvalue weighted by molar-refractivity contribution is 9.10. The van der Waals surface area contributed by atoms with Crippen LogP contribution in [0.25, 0.3) is 0 Å². The molecule has 1 atom stereocenters. The third-order valence-electron chi connectivity index (χ3n) is 3.38. The number of anilines is 1. The summed E-state index contributed by atoms with van der Waals surface area (Å²) >= 11 is 8.85. The van der Waals surface area contributed by atoms with Gasteiger partial charge >= 0.3 is 0 Å². The number of thiocarbonyl (C=S) groups is 1. The van der Waals surface area contributed by atoms with Gasteiger partial charge in [0, 0.05) is 10.2 Å². The van der Waals surface area contributed by atoms with Gasteiger partial charge in [-0.2, -0.15) is 0 Å². The van der Waals surface area contributed by atoms with Crippen LogP contribution in [0, 0.1) is 6.92 Å². The van der Waals surface area contributed by atoms with Crippen molar-refractivity contribution in [3.05, 3.63) is 64.1 Å². The van der Waals surface area contributed by atoms with E-state index < -0.39 is 0 Å². The monoisotopic (exact) mass is 362 g/mol. The van der Waals surface area contributed by atoms with Crippen molar-refractivity contribution in [1.82, 2.24) is 5.32 Å². The summed E-state index contributed by atoms with van der Waals surface area (Å²) in [5.74, 6) is 0. The van der Waals surface area contributed by atoms with Crippen LogP contribution in [-0.2, 0) is 0 Å². The Labute approximate surface area is 140 Å². The molecule has 21 heavy (non-hydrogen) atoms. The van der Waals surface area contributed by atoms with Gasteiger partial charge in [-0.15, -0.1) is 0 Å². The van der Waals surface area contributed by atoms with Gasteiger partial charge in [0.25, 0.3) is 0 Å². The third-order valence-corrected chi connectivity index (χ3v) is 4.13. The van der Waals surface area contributed by atoms with Crippen molar-refractivity contribution in [3.8, 4) is 0 Å². The zero-order valence-corrected chi connectivity index (χ0v) is 14.6. The number of hydrogen-bond acceptors (Lipinski definition) is 1. The molecule has 2 aromatic carbocycles. The maximum Gasteiger partial charge on any atom is 0.171 e. The Morgan fingerprint density at radius 2 is 1.81 bits per heavy atom. The smallest absolute Gasteiger partial charge is 0.171 e. The number of rotatable bonds is 4. The summed E-state index contributed by atoms with van der Waals surface area (Å²) in [5, 5.41) is 7.26. The molecule has 4 heteroatoms. The van der Waals surface area contributed by atoms with E-state index >= 15 is 0 Å². The van der Waals surface area contributed by atoms with Crippen molar-refractivity contribution in [2.75, 3.05) is 5.32 Å². The Morgan fingerprint density at radius 1 is 1.14 bits per heavy atom. The van der Waals surface area contributed by atoms with Gasteiger partial charge in [-0.1, -0.05) is 47.1 Å². The van der Waals surface area contributed by atoms with E-state index in [1.54, 1.807) is 0 Å². The second kappa shape index (κ2) is 7.57. The minimum atomic E-state index is 0.224. The minimum absolute atomic E-state index is 0.224. The van der Waals surface area contributed by atoms with E-state index in [4.69, 9.17) is 12.2 Å². The largest absolute Gasteiger partial charge is 0.356 e. The molecule has 0 heterocycles. The highest BCUT2D eigenvalue weighted by Gasteiger charge is 2.12. The third kappa shape index (κ3) is 4.55. The molecule has 110 valence electrons. The predicted molar refractivity (Wildman–Crippen MR) is 97.7 cm³/mol. The Balaban J connectivity index is 2.03. The highest BCUT2D eigenvalue weighted by Crippen LogP contribution is 2.20. The van der Waals surface area contributed by atoms with Gasteiger partial charge in [0.2, 0.25) is 0 Å². The van der Waals surface area contributed by atoms with Gasteiger partial charge in [-0.3, -0.25) is 0 Å². The summed E-state index contributed by atoms with van der Waals surface area (Å²) in [6.45, 7) is 4.29. The van der Waals surface area contributed by atoms with Crippen LogP contribution in [0.5, 0.6) is 0 Å². The van der Waals surface area contributed by atoms with Crippen LogP contribution < -0.4 is 10.6 Å². The number of nitrogens with one attached hydrogen (secondary N) is 2. The molecule has 0 bridgehead atoms.